The van der Waals surface area contributed by atoms with Crippen molar-refractivity contribution in [3.63, 3.8) is 0 Å². The van der Waals surface area contributed by atoms with Gasteiger partial charge in [0.25, 0.3) is 0 Å². The fourth-order valence-electron chi connectivity index (χ4n) is 0.618. The second-order valence-corrected chi connectivity index (χ2v) is 4.53. The van der Waals surface area contributed by atoms with E-state index in [0.717, 1.165) is 0 Å². The predicted octanol–water partition coefficient (Wildman–Crippen LogP) is -0.0820. The molecule has 12 heavy (non-hydrogen) atoms. The Labute approximate surface area is 72.1 Å². The van der Waals surface area contributed by atoms with Crippen molar-refractivity contribution in [2.24, 2.45) is 5.73 Å². The first-order chi connectivity index (χ1) is 5.52. The van der Waals surface area contributed by atoms with Crippen molar-refractivity contribution in [3.8, 4) is 0 Å². The molecule has 2 atom stereocenters. The third-order valence-corrected chi connectivity index (χ3v) is 2.81. The average molecular weight is 197 g/mol. The summed E-state index contributed by atoms with van der Waals surface area (Å²) < 4.78 is 15.6. The zero-order chi connectivity index (χ0) is 9.61. The lowest BCUT2D eigenvalue weighted by Crippen LogP contribution is -2.24. The molecule has 0 fully saturated rings. The highest BCUT2D eigenvalue weighted by molar-refractivity contribution is 7.52. The number of aliphatic hydroxyl groups excluding tert-OH is 1. The molecule has 0 spiro atoms. The maximum Gasteiger partial charge on any atom is 0.328 e. The van der Waals surface area contributed by atoms with Crippen LogP contribution in [0.15, 0.2) is 0 Å². The lowest BCUT2D eigenvalue weighted by molar-refractivity contribution is 0.106. The molecule has 0 rings (SSSR count). The fourth-order valence-corrected chi connectivity index (χ4v) is 1.72. The molecule has 0 aliphatic heterocycles. The van der Waals surface area contributed by atoms with E-state index in [1.165, 1.54) is 0 Å². The Morgan fingerprint density at radius 1 is 1.67 bits per heavy atom. The van der Waals surface area contributed by atoms with Gasteiger partial charge in [-0.05, 0) is 6.42 Å². The standard InChI is InChI=1S/C6H16NO4P/c1-2-3-12(9,10)11-5-6(8)4-7/h6,8H,2-5,7H2,1H3,(H,9,10). The topological polar surface area (TPSA) is 92.8 Å². The molecule has 0 heterocycles. The molecule has 0 aromatic rings. The van der Waals surface area contributed by atoms with Crippen LogP contribution in [0.25, 0.3) is 0 Å². The van der Waals surface area contributed by atoms with Crippen LogP contribution in [0.2, 0.25) is 0 Å². The summed E-state index contributed by atoms with van der Waals surface area (Å²) in [5.74, 6) is 0. The van der Waals surface area contributed by atoms with Gasteiger partial charge in [0, 0.05) is 12.7 Å². The lowest BCUT2D eigenvalue weighted by Gasteiger charge is -2.13. The predicted molar refractivity (Wildman–Crippen MR) is 46.0 cm³/mol. The Morgan fingerprint density at radius 3 is 2.67 bits per heavy atom. The summed E-state index contributed by atoms with van der Waals surface area (Å²) in [7, 11) is -3.48. The molecule has 0 saturated heterocycles. The van der Waals surface area contributed by atoms with E-state index in [1.807, 2.05) is 0 Å². The highest BCUT2D eigenvalue weighted by Crippen LogP contribution is 2.42. The zero-order valence-electron chi connectivity index (χ0n) is 7.14. The molecule has 2 unspecified atom stereocenters. The highest BCUT2D eigenvalue weighted by Gasteiger charge is 2.18. The molecule has 6 heteroatoms. The molecule has 0 aliphatic carbocycles. The quantitative estimate of drug-likeness (QED) is 0.518. The van der Waals surface area contributed by atoms with Gasteiger partial charge in [0.15, 0.2) is 0 Å². The zero-order valence-corrected chi connectivity index (χ0v) is 8.04. The van der Waals surface area contributed by atoms with E-state index in [-0.39, 0.29) is 19.3 Å². The van der Waals surface area contributed by atoms with Crippen LogP contribution < -0.4 is 5.73 Å². The molecule has 4 N–H and O–H groups in total. The molecule has 0 radical (unpaired) electrons. The van der Waals surface area contributed by atoms with E-state index >= 15 is 0 Å². The number of aliphatic hydroxyl groups is 1. The Morgan fingerprint density at radius 2 is 2.25 bits per heavy atom. The van der Waals surface area contributed by atoms with Gasteiger partial charge in [-0.25, -0.2) is 0 Å². The molecule has 0 aromatic carbocycles. The first-order valence-electron chi connectivity index (χ1n) is 3.86. The second kappa shape index (κ2) is 5.67. The van der Waals surface area contributed by atoms with Crippen LogP contribution in [0, 0.1) is 0 Å². The van der Waals surface area contributed by atoms with E-state index in [4.69, 9.17) is 15.7 Å². The Kier molecular flexibility index (Phi) is 5.70. The largest absolute Gasteiger partial charge is 0.389 e. The minimum atomic E-state index is -3.48. The first-order valence-corrected chi connectivity index (χ1v) is 5.62. The first kappa shape index (κ1) is 12.1. The van der Waals surface area contributed by atoms with Crippen molar-refractivity contribution in [2.45, 2.75) is 19.4 Å². The normalized spacial score (nSPS) is 18.7. The SMILES string of the molecule is CCCP(=O)(O)OCC(O)CN. The van der Waals surface area contributed by atoms with E-state index in [0.29, 0.717) is 6.42 Å². The van der Waals surface area contributed by atoms with Crippen LogP contribution >= 0.6 is 7.60 Å². The number of nitrogens with two attached hydrogens (primary N) is 1. The van der Waals surface area contributed by atoms with E-state index in [9.17, 15) is 4.57 Å². The van der Waals surface area contributed by atoms with Gasteiger partial charge in [0.2, 0.25) is 0 Å². The Bertz CT molecular complexity index is 164. The van der Waals surface area contributed by atoms with Crippen molar-refractivity contribution >= 4 is 7.60 Å². The van der Waals surface area contributed by atoms with Gasteiger partial charge in [-0.2, -0.15) is 0 Å². The minimum absolute atomic E-state index is 0.0339. The maximum atomic E-state index is 11.0. The molecule has 0 aliphatic rings. The van der Waals surface area contributed by atoms with Crippen molar-refractivity contribution in [1.29, 1.82) is 0 Å². The van der Waals surface area contributed by atoms with Crippen LogP contribution in [0.4, 0.5) is 0 Å². The van der Waals surface area contributed by atoms with Gasteiger partial charge in [-0.1, -0.05) is 6.92 Å². The molecule has 0 aromatic heterocycles. The number of hydrogen-bond donors (Lipinski definition) is 3. The summed E-state index contributed by atoms with van der Waals surface area (Å²) in [4.78, 5) is 9.04. The smallest absolute Gasteiger partial charge is 0.328 e. The van der Waals surface area contributed by atoms with Crippen LogP contribution in [0.1, 0.15) is 13.3 Å². The molecular weight excluding hydrogens is 181 g/mol. The van der Waals surface area contributed by atoms with Gasteiger partial charge in [0.1, 0.15) is 0 Å². The summed E-state index contributed by atoms with van der Waals surface area (Å²) in [6.07, 6.45) is -0.168. The molecule has 0 bridgehead atoms. The van der Waals surface area contributed by atoms with Crippen molar-refractivity contribution in [3.05, 3.63) is 0 Å². The third-order valence-electron chi connectivity index (χ3n) is 1.25. The highest BCUT2D eigenvalue weighted by atomic mass is 31.2. The van der Waals surface area contributed by atoms with Gasteiger partial charge >= 0.3 is 7.60 Å². The van der Waals surface area contributed by atoms with Crippen molar-refractivity contribution in [1.82, 2.24) is 0 Å². The second-order valence-electron chi connectivity index (χ2n) is 2.55. The lowest BCUT2D eigenvalue weighted by atomic mass is 10.4. The van der Waals surface area contributed by atoms with E-state index in [2.05, 4.69) is 4.52 Å². The molecule has 5 nitrogen and oxygen atoms in total. The van der Waals surface area contributed by atoms with E-state index in [1.54, 1.807) is 6.92 Å². The van der Waals surface area contributed by atoms with E-state index < -0.39 is 13.7 Å². The fraction of sp³-hybridized carbons (Fsp3) is 1.00. The van der Waals surface area contributed by atoms with Gasteiger partial charge < -0.3 is 20.3 Å². The Hall–Kier alpha value is 0.0700. The summed E-state index contributed by atoms with van der Waals surface area (Å²) in [5, 5.41) is 8.91. The molecular formula is C6H16NO4P. The summed E-state index contributed by atoms with van der Waals surface area (Å²) in [6, 6.07) is 0. The van der Waals surface area contributed by atoms with Crippen molar-refractivity contribution < 1.29 is 19.1 Å². The number of rotatable bonds is 6. The van der Waals surface area contributed by atoms with Gasteiger partial charge in [-0.15, -0.1) is 0 Å². The van der Waals surface area contributed by atoms with Gasteiger partial charge in [-0.3, -0.25) is 4.57 Å². The average Bonchev–Trinajstić information content (AvgIpc) is 2.00. The molecule has 74 valence electrons. The number of hydrogen-bond acceptors (Lipinski definition) is 4. The minimum Gasteiger partial charge on any atom is -0.389 e. The maximum absolute atomic E-state index is 11.0. The van der Waals surface area contributed by atoms with Crippen LogP contribution in [-0.2, 0) is 9.09 Å². The van der Waals surface area contributed by atoms with Gasteiger partial charge in [0.05, 0.1) is 12.7 Å². The monoisotopic (exact) mass is 197 g/mol. The summed E-state index contributed by atoms with van der Waals surface area (Å²) in [5.41, 5.74) is 5.07. The third kappa shape index (κ3) is 5.69. The van der Waals surface area contributed by atoms with Crippen LogP contribution in [-0.4, -0.2) is 35.4 Å². The molecule has 0 saturated carbocycles. The summed E-state index contributed by atoms with van der Waals surface area (Å²) >= 11 is 0. The van der Waals surface area contributed by atoms with Crippen LogP contribution in [0.3, 0.4) is 0 Å². The van der Waals surface area contributed by atoms with Crippen LogP contribution in [0.5, 0.6) is 0 Å². The molecule has 0 amide bonds. The van der Waals surface area contributed by atoms with Crippen molar-refractivity contribution in [2.75, 3.05) is 19.3 Å². The Balaban J connectivity index is 3.67. The summed E-state index contributed by atoms with van der Waals surface area (Å²) in [6.45, 7) is 1.64.